The van der Waals surface area contributed by atoms with Gasteiger partial charge in [-0.05, 0) is 51.2 Å². The normalized spacial score (nSPS) is 24.0. The van der Waals surface area contributed by atoms with Crippen LogP contribution in [0.4, 0.5) is 5.69 Å². The zero-order valence-electron chi connectivity index (χ0n) is 11.4. The van der Waals surface area contributed by atoms with Crippen molar-refractivity contribution in [2.45, 2.75) is 18.9 Å². The second kappa shape index (κ2) is 5.19. The molecule has 3 nitrogen and oxygen atoms in total. The molecule has 1 unspecified atom stereocenters. The van der Waals surface area contributed by atoms with E-state index in [1.165, 1.54) is 11.3 Å². The van der Waals surface area contributed by atoms with Crippen molar-refractivity contribution in [1.29, 1.82) is 0 Å². The number of hydrogen-bond donors (Lipinski definition) is 1. The minimum Gasteiger partial charge on any atom is -0.369 e. The Kier molecular flexibility index (Phi) is 3.99. The van der Waals surface area contributed by atoms with Gasteiger partial charge in [0.2, 0.25) is 0 Å². The van der Waals surface area contributed by atoms with E-state index in [-0.39, 0.29) is 5.54 Å². The van der Waals surface area contributed by atoms with Crippen molar-refractivity contribution in [1.82, 2.24) is 4.90 Å². The first-order chi connectivity index (χ1) is 8.48. The molecule has 0 saturated carbocycles. The lowest BCUT2D eigenvalue weighted by atomic mass is 9.97. The molecule has 2 rings (SSSR count). The third-order valence-corrected chi connectivity index (χ3v) is 4.65. The maximum Gasteiger partial charge on any atom is 0.0518 e. The molecule has 1 fully saturated rings. The lowest BCUT2D eigenvalue weighted by Gasteiger charge is -2.35. The average molecular weight is 312 g/mol. The van der Waals surface area contributed by atoms with Crippen molar-refractivity contribution in [3.63, 3.8) is 0 Å². The quantitative estimate of drug-likeness (QED) is 0.929. The Hall–Kier alpha value is -0.580. The van der Waals surface area contributed by atoms with Crippen molar-refractivity contribution < 1.29 is 0 Å². The van der Waals surface area contributed by atoms with E-state index in [0.717, 1.165) is 24.0 Å². The van der Waals surface area contributed by atoms with Gasteiger partial charge in [-0.25, -0.2) is 0 Å². The molecule has 18 heavy (non-hydrogen) atoms. The maximum atomic E-state index is 6.00. The van der Waals surface area contributed by atoms with Gasteiger partial charge >= 0.3 is 0 Å². The molecular weight excluding hydrogens is 290 g/mol. The van der Waals surface area contributed by atoms with Gasteiger partial charge < -0.3 is 15.5 Å². The third-order valence-electron chi connectivity index (χ3n) is 4.16. The van der Waals surface area contributed by atoms with Crippen molar-refractivity contribution in [3.05, 3.63) is 28.2 Å². The molecule has 0 aliphatic carbocycles. The second-order valence-corrected chi connectivity index (χ2v) is 6.34. The van der Waals surface area contributed by atoms with Gasteiger partial charge in [0.15, 0.2) is 0 Å². The highest BCUT2D eigenvalue weighted by Crippen LogP contribution is 2.32. The van der Waals surface area contributed by atoms with E-state index in [1.807, 2.05) is 0 Å². The van der Waals surface area contributed by atoms with Gasteiger partial charge in [-0.3, -0.25) is 0 Å². The summed E-state index contributed by atoms with van der Waals surface area (Å²) >= 11 is 3.52. The highest BCUT2D eigenvalue weighted by atomic mass is 79.9. The fourth-order valence-electron chi connectivity index (χ4n) is 2.75. The number of nitrogens with zero attached hydrogens (tertiary/aromatic N) is 2. The van der Waals surface area contributed by atoms with Crippen molar-refractivity contribution in [2.75, 3.05) is 38.6 Å². The predicted molar refractivity (Wildman–Crippen MR) is 81.2 cm³/mol. The Morgan fingerprint density at radius 2 is 2.17 bits per heavy atom. The van der Waals surface area contributed by atoms with Crippen LogP contribution >= 0.6 is 15.9 Å². The van der Waals surface area contributed by atoms with Crippen LogP contribution in [0, 0.1) is 6.92 Å². The van der Waals surface area contributed by atoms with Crippen LogP contribution in [0.25, 0.3) is 0 Å². The number of anilines is 1. The molecule has 1 aromatic rings. The molecule has 1 heterocycles. The predicted octanol–water partition coefficient (Wildman–Crippen LogP) is 2.23. The number of hydrogen-bond acceptors (Lipinski definition) is 3. The summed E-state index contributed by atoms with van der Waals surface area (Å²) in [6.45, 7) is 4.97. The highest BCUT2D eigenvalue weighted by molar-refractivity contribution is 9.10. The van der Waals surface area contributed by atoms with E-state index in [0.29, 0.717) is 6.54 Å². The largest absolute Gasteiger partial charge is 0.369 e. The molecule has 1 aliphatic heterocycles. The van der Waals surface area contributed by atoms with Gasteiger partial charge in [-0.15, -0.1) is 0 Å². The molecule has 2 N–H and O–H groups in total. The topological polar surface area (TPSA) is 32.5 Å². The number of likely N-dealkylation sites (N-methyl/N-ethyl adjacent to an activating group) is 1. The number of benzene rings is 1. The Bertz CT molecular complexity index is 433. The molecule has 100 valence electrons. The molecule has 4 heteroatoms. The van der Waals surface area contributed by atoms with Crippen LogP contribution in [0.15, 0.2) is 22.7 Å². The van der Waals surface area contributed by atoms with Crippen LogP contribution in [0.2, 0.25) is 0 Å². The number of halogens is 1. The van der Waals surface area contributed by atoms with Crippen LogP contribution in [-0.2, 0) is 0 Å². The summed E-state index contributed by atoms with van der Waals surface area (Å²) in [6, 6.07) is 6.48. The lowest BCUT2D eigenvalue weighted by molar-refractivity contribution is 0.184. The molecule has 0 aromatic heterocycles. The van der Waals surface area contributed by atoms with Crippen molar-refractivity contribution in [3.8, 4) is 0 Å². The summed E-state index contributed by atoms with van der Waals surface area (Å²) < 4.78 is 1.14. The monoisotopic (exact) mass is 311 g/mol. The van der Waals surface area contributed by atoms with Gasteiger partial charge in [0.25, 0.3) is 0 Å². The summed E-state index contributed by atoms with van der Waals surface area (Å²) in [7, 11) is 4.26. The summed E-state index contributed by atoms with van der Waals surface area (Å²) in [4.78, 5) is 4.73. The van der Waals surface area contributed by atoms with E-state index in [1.54, 1.807) is 0 Å². The molecule has 1 atom stereocenters. The first kappa shape index (κ1) is 13.8. The van der Waals surface area contributed by atoms with Crippen LogP contribution < -0.4 is 10.6 Å². The minimum atomic E-state index is 0.125. The van der Waals surface area contributed by atoms with E-state index >= 15 is 0 Å². The zero-order chi connectivity index (χ0) is 13.3. The summed E-state index contributed by atoms with van der Waals surface area (Å²) in [5.74, 6) is 0. The summed E-state index contributed by atoms with van der Waals surface area (Å²) in [6.07, 6.45) is 1.13. The number of aryl methyl sites for hydroxylation is 1. The van der Waals surface area contributed by atoms with Gasteiger partial charge in [-0.2, -0.15) is 0 Å². The smallest absolute Gasteiger partial charge is 0.0518 e. The molecule has 1 aromatic carbocycles. The third kappa shape index (κ3) is 2.42. The first-order valence-corrected chi connectivity index (χ1v) is 7.16. The maximum absolute atomic E-state index is 6.00. The van der Waals surface area contributed by atoms with Gasteiger partial charge in [-0.1, -0.05) is 15.9 Å². The molecule has 0 amide bonds. The van der Waals surface area contributed by atoms with E-state index < -0.39 is 0 Å². The molecule has 0 radical (unpaired) electrons. The number of nitrogens with two attached hydrogens (primary N) is 1. The van der Waals surface area contributed by atoms with Crippen molar-refractivity contribution >= 4 is 21.6 Å². The van der Waals surface area contributed by atoms with Gasteiger partial charge in [0, 0.05) is 29.8 Å². The number of rotatable bonds is 3. The van der Waals surface area contributed by atoms with Gasteiger partial charge in [0.1, 0.15) is 0 Å². The minimum absolute atomic E-state index is 0.125. The zero-order valence-corrected chi connectivity index (χ0v) is 13.0. The average Bonchev–Trinajstić information content (AvgIpc) is 2.74. The fraction of sp³-hybridized carbons (Fsp3) is 0.571. The molecular formula is C14H22BrN3. The Morgan fingerprint density at radius 1 is 1.44 bits per heavy atom. The Labute approximate surface area is 118 Å². The van der Waals surface area contributed by atoms with E-state index in [2.05, 4.69) is 64.9 Å². The van der Waals surface area contributed by atoms with Crippen LogP contribution in [-0.4, -0.2) is 44.2 Å². The fourth-order valence-corrected chi connectivity index (χ4v) is 3.23. The lowest BCUT2D eigenvalue weighted by Crippen LogP contribution is -2.52. The summed E-state index contributed by atoms with van der Waals surface area (Å²) in [5, 5.41) is 0. The van der Waals surface area contributed by atoms with Crippen LogP contribution in [0.1, 0.15) is 12.0 Å². The van der Waals surface area contributed by atoms with Crippen LogP contribution in [0.5, 0.6) is 0 Å². The highest BCUT2D eigenvalue weighted by Gasteiger charge is 2.39. The SMILES string of the molecule is Cc1cc(Br)ccc1N1CCC(CN)(N(C)C)C1. The Morgan fingerprint density at radius 3 is 2.67 bits per heavy atom. The molecule has 1 aliphatic rings. The second-order valence-electron chi connectivity index (χ2n) is 5.43. The standard InChI is InChI=1S/C14H22BrN3/c1-11-8-12(15)4-5-13(11)18-7-6-14(9-16,10-18)17(2)3/h4-5,8H,6-7,9-10,16H2,1-3H3. The molecule has 0 spiro atoms. The molecule has 1 saturated heterocycles. The van der Waals surface area contributed by atoms with Crippen molar-refractivity contribution in [2.24, 2.45) is 5.73 Å². The first-order valence-electron chi connectivity index (χ1n) is 6.37. The van der Waals surface area contributed by atoms with Gasteiger partial charge in [0.05, 0.1) is 5.54 Å². The van der Waals surface area contributed by atoms with E-state index in [9.17, 15) is 0 Å². The summed E-state index contributed by atoms with van der Waals surface area (Å²) in [5.41, 5.74) is 8.77. The molecule has 0 bridgehead atoms. The van der Waals surface area contributed by atoms with E-state index in [4.69, 9.17) is 5.73 Å². The Balaban J connectivity index is 2.22. The van der Waals surface area contributed by atoms with Crippen LogP contribution in [0.3, 0.4) is 0 Å².